The van der Waals surface area contributed by atoms with Gasteiger partial charge in [0.25, 0.3) is 0 Å². The van der Waals surface area contributed by atoms with Gasteiger partial charge in [0.1, 0.15) is 12.2 Å². The van der Waals surface area contributed by atoms with E-state index in [4.69, 9.17) is 9.47 Å². The summed E-state index contributed by atoms with van der Waals surface area (Å²) in [6, 6.07) is 0. The van der Waals surface area contributed by atoms with Crippen LogP contribution in [0.15, 0.2) is 0 Å². The summed E-state index contributed by atoms with van der Waals surface area (Å²) in [5, 5.41) is 9.60. The van der Waals surface area contributed by atoms with Crippen molar-refractivity contribution in [2.45, 2.75) is 258 Å². The molecule has 0 radical (unpaired) electrons. The van der Waals surface area contributed by atoms with E-state index in [2.05, 4.69) is 32.6 Å². The van der Waals surface area contributed by atoms with Crippen molar-refractivity contribution in [2.75, 3.05) is 26.2 Å². The summed E-state index contributed by atoms with van der Waals surface area (Å²) in [4.78, 5) is 27.7. The first-order valence-electron chi connectivity index (χ1n) is 23.2. The van der Waals surface area contributed by atoms with Gasteiger partial charge in [-0.25, -0.2) is 0 Å². The molecule has 0 aliphatic rings. The molecule has 0 amide bonds. The third-order valence-corrected chi connectivity index (χ3v) is 10.7. The molecule has 1 atom stereocenters. The molecule has 1 unspecified atom stereocenters. The van der Waals surface area contributed by atoms with Gasteiger partial charge in [-0.1, -0.05) is 163 Å². The summed E-state index contributed by atoms with van der Waals surface area (Å²) >= 11 is 0. The molecule has 0 heterocycles. The minimum Gasteiger partial charge on any atom is -0.462 e. The van der Waals surface area contributed by atoms with Crippen molar-refractivity contribution in [1.29, 1.82) is 0 Å². The number of rotatable bonds is 42. The number of hydrogen-bond donors (Lipinski definition) is 1. The number of ether oxygens (including phenoxy) is 2. The van der Waals surface area contributed by atoms with Crippen LogP contribution in [0.4, 0.5) is 0 Å². The Morgan fingerprint density at radius 1 is 0.404 bits per heavy atom. The Morgan fingerprint density at radius 3 is 1.10 bits per heavy atom. The van der Waals surface area contributed by atoms with E-state index < -0.39 is 0 Å². The van der Waals surface area contributed by atoms with Crippen LogP contribution in [0, 0.1) is 0 Å². The van der Waals surface area contributed by atoms with E-state index >= 15 is 0 Å². The third-order valence-electron chi connectivity index (χ3n) is 10.7. The van der Waals surface area contributed by atoms with E-state index in [1.54, 1.807) is 0 Å². The molecule has 310 valence electrons. The quantitative estimate of drug-likeness (QED) is 0.0496. The highest BCUT2D eigenvalue weighted by molar-refractivity contribution is 5.69. The van der Waals surface area contributed by atoms with Gasteiger partial charge in [-0.15, -0.1) is 0 Å². The van der Waals surface area contributed by atoms with Gasteiger partial charge < -0.3 is 19.5 Å². The molecular formula is C46H91NO5. The monoisotopic (exact) mass is 738 g/mol. The van der Waals surface area contributed by atoms with Crippen molar-refractivity contribution < 1.29 is 24.2 Å². The van der Waals surface area contributed by atoms with Gasteiger partial charge in [0.2, 0.25) is 0 Å². The molecule has 52 heavy (non-hydrogen) atoms. The molecule has 0 aliphatic carbocycles. The normalized spacial score (nSPS) is 12.2. The zero-order valence-corrected chi connectivity index (χ0v) is 35.6. The van der Waals surface area contributed by atoms with Gasteiger partial charge in [-0.2, -0.15) is 0 Å². The van der Waals surface area contributed by atoms with Crippen molar-refractivity contribution in [3.8, 4) is 0 Å². The molecule has 6 nitrogen and oxygen atoms in total. The van der Waals surface area contributed by atoms with Gasteiger partial charge in [-0.3, -0.25) is 9.59 Å². The summed E-state index contributed by atoms with van der Waals surface area (Å²) in [5.74, 6) is -0.0115. The van der Waals surface area contributed by atoms with E-state index in [1.807, 2.05) is 0 Å². The maximum absolute atomic E-state index is 12.7. The van der Waals surface area contributed by atoms with Crippen LogP contribution in [0.3, 0.4) is 0 Å². The summed E-state index contributed by atoms with van der Waals surface area (Å²) in [6.45, 7) is 11.8. The average Bonchev–Trinajstić information content (AvgIpc) is 3.13. The fourth-order valence-corrected chi connectivity index (χ4v) is 7.30. The molecule has 0 saturated carbocycles. The average molecular weight is 738 g/mol. The minimum atomic E-state index is -0.0197. The SMILES string of the molecule is CCCCCCCCC(CCCC)OC(=O)CCCCCN(CCO)CCCCCCCC(=O)OC(CCCCCCCC)CCCCCCCC. The Labute approximate surface area is 324 Å². The predicted octanol–water partition coefficient (Wildman–Crippen LogP) is 13.4. The first-order valence-corrected chi connectivity index (χ1v) is 23.2. The highest BCUT2D eigenvalue weighted by Gasteiger charge is 2.16. The topological polar surface area (TPSA) is 76.1 Å². The Kier molecular flexibility index (Phi) is 40.1. The zero-order valence-electron chi connectivity index (χ0n) is 35.6. The maximum atomic E-state index is 12.7. The lowest BCUT2D eigenvalue weighted by atomic mass is 10.0. The van der Waals surface area contributed by atoms with Crippen molar-refractivity contribution in [1.82, 2.24) is 4.90 Å². The molecule has 0 fully saturated rings. The first kappa shape index (κ1) is 50.9. The molecule has 0 aromatic heterocycles. The van der Waals surface area contributed by atoms with Gasteiger partial charge in [0, 0.05) is 19.4 Å². The largest absolute Gasteiger partial charge is 0.462 e. The number of carbonyl (C=O) groups excluding carboxylic acids is 2. The van der Waals surface area contributed by atoms with E-state index in [-0.39, 0.29) is 30.8 Å². The molecule has 0 bridgehead atoms. The zero-order chi connectivity index (χ0) is 38.2. The first-order chi connectivity index (χ1) is 25.5. The minimum absolute atomic E-state index is 0.00817. The molecular weight excluding hydrogens is 647 g/mol. The van der Waals surface area contributed by atoms with Gasteiger partial charge >= 0.3 is 11.9 Å². The molecule has 0 aliphatic heterocycles. The second-order valence-corrected chi connectivity index (χ2v) is 15.9. The lowest BCUT2D eigenvalue weighted by Gasteiger charge is -2.21. The highest BCUT2D eigenvalue weighted by Crippen LogP contribution is 2.19. The molecule has 0 aromatic carbocycles. The second-order valence-electron chi connectivity index (χ2n) is 15.9. The van der Waals surface area contributed by atoms with E-state index in [0.717, 1.165) is 103 Å². The number of hydrogen-bond acceptors (Lipinski definition) is 6. The number of carbonyl (C=O) groups is 2. The fraction of sp³-hybridized carbons (Fsp3) is 0.957. The molecule has 1 N–H and O–H groups in total. The standard InChI is InChI=1S/C46H91NO5/c1-5-9-13-16-20-26-34-43(33-12-8-4)51-46(50)38-30-25-32-40-47(41-42-48)39-31-24-19-23-29-37-45(49)52-44(35-27-21-17-14-10-6-2)36-28-22-18-15-11-7-3/h43-44,48H,5-42H2,1-4H3. The highest BCUT2D eigenvalue weighted by atomic mass is 16.5. The summed E-state index contributed by atoms with van der Waals surface area (Å²) in [7, 11) is 0. The maximum Gasteiger partial charge on any atom is 0.306 e. The van der Waals surface area contributed by atoms with Gasteiger partial charge in [0.15, 0.2) is 0 Å². The predicted molar refractivity (Wildman–Crippen MR) is 223 cm³/mol. The summed E-state index contributed by atoms with van der Waals surface area (Å²) in [6.07, 6.45) is 39.0. The molecule has 6 heteroatoms. The number of nitrogens with zero attached hydrogens (tertiary/aromatic N) is 1. The summed E-state index contributed by atoms with van der Waals surface area (Å²) < 4.78 is 11.9. The van der Waals surface area contributed by atoms with Crippen LogP contribution in [-0.2, 0) is 19.1 Å². The van der Waals surface area contributed by atoms with E-state index in [1.165, 1.54) is 116 Å². The summed E-state index contributed by atoms with van der Waals surface area (Å²) in [5.41, 5.74) is 0. The van der Waals surface area contributed by atoms with Crippen LogP contribution in [0.1, 0.15) is 246 Å². The van der Waals surface area contributed by atoms with Crippen molar-refractivity contribution in [3.05, 3.63) is 0 Å². The Morgan fingerprint density at radius 2 is 0.712 bits per heavy atom. The van der Waals surface area contributed by atoms with Crippen LogP contribution < -0.4 is 0 Å². The lowest BCUT2D eigenvalue weighted by molar-refractivity contribution is -0.151. The fourth-order valence-electron chi connectivity index (χ4n) is 7.30. The molecule has 0 aromatic rings. The molecule has 0 spiro atoms. The van der Waals surface area contributed by atoms with Crippen LogP contribution >= 0.6 is 0 Å². The van der Waals surface area contributed by atoms with Gasteiger partial charge in [-0.05, 0) is 83.7 Å². The number of aliphatic hydroxyl groups is 1. The van der Waals surface area contributed by atoms with Gasteiger partial charge in [0.05, 0.1) is 6.61 Å². The van der Waals surface area contributed by atoms with Crippen LogP contribution in [0.5, 0.6) is 0 Å². The number of aliphatic hydroxyl groups excluding tert-OH is 1. The van der Waals surface area contributed by atoms with Crippen LogP contribution in [0.2, 0.25) is 0 Å². The van der Waals surface area contributed by atoms with Crippen molar-refractivity contribution in [2.24, 2.45) is 0 Å². The van der Waals surface area contributed by atoms with Crippen LogP contribution in [0.25, 0.3) is 0 Å². The second kappa shape index (κ2) is 41.0. The lowest BCUT2D eigenvalue weighted by Crippen LogP contribution is -2.29. The number of unbranched alkanes of at least 4 members (excludes halogenated alkanes) is 22. The number of esters is 2. The van der Waals surface area contributed by atoms with Crippen molar-refractivity contribution in [3.63, 3.8) is 0 Å². The molecule has 0 rings (SSSR count). The Balaban J connectivity index is 4.19. The van der Waals surface area contributed by atoms with E-state index in [0.29, 0.717) is 19.4 Å². The van der Waals surface area contributed by atoms with Crippen molar-refractivity contribution >= 4 is 11.9 Å². The van der Waals surface area contributed by atoms with E-state index in [9.17, 15) is 14.7 Å². The Hall–Kier alpha value is -1.14. The molecule has 0 saturated heterocycles. The van der Waals surface area contributed by atoms with Crippen LogP contribution in [-0.4, -0.2) is 60.4 Å². The Bertz CT molecular complexity index is 730. The smallest absolute Gasteiger partial charge is 0.306 e. The third kappa shape index (κ3) is 35.9.